The smallest absolute Gasteiger partial charge is 0.150 e. The second-order valence-electron chi connectivity index (χ2n) is 6.68. The van der Waals surface area contributed by atoms with E-state index >= 15 is 0 Å². The highest BCUT2D eigenvalue weighted by Crippen LogP contribution is 2.23. The Balaban J connectivity index is 1.58. The summed E-state index contributed by atoms with van der Waals surface area (Å²) in [5.41, 5.74) is 3.49. The van der Waals surface area contributed by atoms with Crippen LogP contribution in [0, 0.1) is 6.92 Å². The van der Waals surface area contributed by atoms with E-state index in [4.69, 9.17) is 9.47 Å². The largest absolute Gasteiger partial charge is 0.487 e. The summed E-state index contributed by atoms with van der Waals surface area (Å²) in [7, 11) is 0. The molecule has 1 unspecified atom stereocenters. The molecule has 0 saturated carbocycles. The molecule has 5 nitrogen and oxygen atoms in total. The van der Waals surface area contributed by atoms with Crippen LogP contribution in [-0.2, 0) is 22.5 Å². The van der Waals surface area contributed by atoms with Gasteiger partial charge in [-0.2, -0.15) is 5.10 Å². The molecule has 3 rings (SSSR count). The molecular weight excluding hydrogens is 338 g/mol. The van der Waals surface area contributed by atoms with Gasteiger partial charge in [-0.05, 0) is 50.6 Å². The van der Waals surface area contributed by atoms with Crippen molar-refractivity contribution < 1.29 is 9.47 Å². The number of ether oxygens (including phenoxy) is 2. The molecule has 5 heteroatoms. The molecule has 1 aromatic heterocycles. The minimum Gasteiger partial charge on any atom is -0.487 e. The van der Waals surface area contributed by atoms with E-state index in [1.807, 2.05) is 23.0 Å². The average Bonchev–Trinajstić information content (AvgIpc) is 3.16. The first kappa shape index (κ1) is 19.1. The average molecular weight is 365 g/mol. The molecule has 1 atom stereocenters. The molecule has 0 spiro atoms. The van der Waals surface area contributed by atoms with E-state index in [2.05, 4.69) is 54.1 Å². The first-order valence-corrected chi connectivity index (χ1v) is 9.41. The number of benzene rings is 1. The molecule has 1 aromatic carbocycles. The van der Waals surface area contributed by atoms with Crippen LogP contribution in [0.3, 0.4) is 0 Å². The normalized spacial score (nSPS) is 18.0. The number of rotatable bonds is 8. The number of aliphatic imine (C=N–C) groups is 1. The molecule has 27 heavy (non-hydrogen) atoms. The first-order valence-electron chi connectivity index (χ1n) is 9.41. The maximum atomic E-state index is 5.87. The van der Waals surface area contributed by atoms with Crippen LogP contribution in [0.4, 0.5) is 0 Å². The van der Waals surface area contributed by atoms with Crippen molar-refractivity contribution in [2.24, 2.45) is 4.99 Å². The van der Waals surface area contributed by atoms with Gasteiger partial charge in [-0.25, -0.2) is 4.68 Å². The Kier molecular flexibility index (Phi) is 6.99. The Bertz CT molecular complexity index is 784. The zero-order chi connectivity index (χ0) is 18.9. The van der Waals surface area contributed by atoms with Crippen LogP contribution < -0.4 is 0 Å². The zero-order valence-corrected chi connectivity index (χ0v) is 15.9. The van der Waals surface area contributed by atoms with Crippen LogP contribution in [0.15, 0.2) is 65.6 Å². The van der Waals surface area contributed by atoms with Crippen molar-refractivity contribution in [3.63, 3.8) is 0 Å². The van der Waals surface area contributed by atoms with Gasteiger partial charge in [0.15, 0.2) is 0 Å². The van der Waals surface area contributed by atoms with Gasteiger partial charge in [0.05, 0.1) is 6.20 Å². The van der Waals surface area contributed by atoms with E-state index in [1.165, 1.54) is 12.0 Å². The molecular formula is C22H27N3O2. The van der Waals surface area contributed by atoms with Crippen LogP contribution >= 0.6 is 0 Å². The summed E-state index contributed by atoms with van der Waals surface area (Å²) in [4.78, 5) is 3.84. The Labute approximate surface area is 161 Å². The third-order valence-electron chi connectivity index (χ3n) is 4.53. The summed E-state index contributed by atoms with van der Waals surface area (Å²) in [6.07, 6.45) is 11.6. The van der Waals surface area contributed by atoms with Gasteiger partial charge in [-0.15, -0.1) is 0 Å². The molecule has 1 saturated heterocycles. The van der Waals surface area contributed by atoms with E-state index in [0.717, 1.165) is 37.1 Å². The lowest BCUT2D eigenvalue weighted by atomic mass is 10.2. The topological polar surface area (TPSA) is 48.6 Å². The molecule has 0 N–H and O–H groups in total. The standard InChI is InChI=1S/C22H27N3O2/c1-18-9-11-19(12-10-18)17-27-21(16-23-2)7-5-6-20-13-14-24-25(20)22-8-3-4-15-26-22/h5,7,9-14,16,22H,2-4,6,8,15,17H2,1H3/b7-5-,21-16+. The van der Waals surface area contributed by atoms with E-state index in [-0.39, 0.29) is 6.23 Å². The van der Waals surface area contributed by atoms with E-state index in [0.29, 0.717) is 12.4 Å². The second kappa shape index (κ2) is 9.88. The highest BCUT2D eigenvalue weighted by atomic mass is 16.5. The summed E-state index contributed by atoms with van der Waals surface area (Å²) in [5, 5.41) is 4.44. The van der Waals surface area contributed by atoms with Crippen molar-refractivity contribution in [3.8, 4) is 0 Å². The van der Waals surface area contributed by atoms with Crippen LogP contribution in [0.5, 0.6) is 0 Å². The van der Waals surface area contributed by atoms with Crippen molar-refractivity contribution in [1.82, 2.24) is 9.78 Å². The lowest BCUT2D eigenvalue weighted by Crippen LogP contribution is -2.20. The maximum Gasteiger partial charge on any atom is 0.150 e. The number of nitrogens with zero attached hydrogens (tertiary/aromatic N) is 3. The molecule has 0 radical (unpaired) electrons. The Morgan fingerprint density at radius 1 is 1.33 bits per heavy atom. The number of allylic oxidation sites excluding steroid dienone is 2. The summed E-state index contributed by atoms with van der Waals surface area (Å²) in [6, 6.07) is 10.3. The Morgan fingerprint density at radius 2 is 2.19 bits per heavy atom. The fourth-order valence-electron chi connectivity index (χ4n) is 3.04. The van der Waals surface area contributed by atoms with E-state index in [1.54, 1.807) is 6.20 Å². The van der Waals surface area contributed by atoms with Gasteiger partial charge in [0, 0.05) is 24.9 Å². The molecule has 0 bridgehead atoms. The van der Waals surface area contributed by atoms with Crippen LogP contribution in [-0.4, -0.2) is 23.1 Å². The van der Waals surface area contributed by atoms with Crippen molar-refractivity contribution in [2.75, 3.05) is 6.61 Å². The summed E-state index contributed by atoms with van der Waals surface area (Å²) < 4.78 is 13.7. The van der Waals surface area contributed by atoms with E-state index < -0.39 is 0 Å². The fraction of sp³-hybridized carbons (Fsp3) is 0.364. The molecule has 1 aliphatic heterocycles. The number of aromatic nitrogens is 2. The van der Waals surface area contributed by atoms with Gasteiger partial charge in [-0.1, -0.05) is 35.9 Å². The Hall–Kier alpha value is -2.66. The summed E-state index contributed by atoms with van der Waals surface area (Å²) in [5.74, 6) is 0.686. The lowest BCUT2D eigenvalue weighted by molar-refractivity contribution is -0.0409. The summed E-state index contributed by atoms with van der Waals surface area (Å²) >= 11 is 0. The predicted octanol–water partition coefficient (Wildman–Crippen LogP) is 4.75. The number of hydrogen-bond donors (Lipinski definition) is 0. The lowest BCUT2D eigenvalue weighted by Gasteiger charge is -2.24. The van der Waals surface area contributed by atoms with Gasteiger partial charge in [0.1, 0.15) is 18.6 Å². The van der Waals surface area contributed by atoms with Gasteiger partial charge in [-0.3, -0.25) is 4.99 Å². The van der Waals surface area contributed by atoms with Crippen LogP contribution in [0.2, 0.25) is 0 Å². The second-order valence-corrected chi connectivity index (χ2v) is 6.68. The molecule has 1 aliphatic rings. The van der Waals surface area contributed by atoms with Crippen molar-refractivity contribution in [3.05, 3.63) is 77.5 Å². The molecule has 1 fully saturated rings. The third kappa shape index (κ3) is 5.66. The minimum absolute atomic E-state index is 0.0554. The molecule has 2 aromatic rings. The number of hydrogen-bond acceptors (Lipinski definition) is 4. The summed E-state index contributed by atoms with van der Waals surface area (Å²) in [6.45, 7) is 6.91. The van der Waals surface area contributed by atoms with E-state index in [9.17, 15) is 0 Å². The fourth-order valence-corrected chi connectivity index (χ4v) is 3.04. The maximum absolute atomic E-state index is 5.87. The molecule has 0 aliphatic carbocycles. The first-order chi connectivity index (χ1) is 13.3. The van der Waals surface area contributed by atoms with Gasteiger partial charge in [0.25, 0.3) is 0 Å². The number of aryl methyl sites for hydroxylation is 1. The highest BCUT2D eigenvalue weighted by molar-refractivity contribution is 5.28. The monoisotopic (exact) mass is 365 g/mol. The molecule has 0 amide bonds. The molecule has 142 valence electrons. The van der Waals surface area contributed by atoms with Crippen molar-refractivity contribution in [2.45, 2.75) is 45.4 Å². The molecule has 2 heterocycles. The van der Waals surface area contributed by atoms with Crippen LogP contribution in [0.1, 0.15) is 42.3 Å². The van der Waals surface area contributed by atoms with Gasteiger partial charge < -0.3 is 9.47 Å². The minimum atomic E-state index is 0.0554. The van der Waals surface area contributed by atoms with Crippen molar-refractivity contribution in [1.29, 1.82) is 0 Å². The SMILES string of the molecule is C=N/C=C(\C=C/Cc1ccnn1C1CCCCO1)OCc1ccc(C)cc1. The zero-order valence-electron chi connectivity index (χ0n) is 15.9. The highest BCUT2D eigenvalue weighted by Gasteiger charge is 2.18. The quantitative estimate of drug-likeness (QED) is 0.385. The third-order valence-corrected chi connectivity index (χ3v) is 4.53. The Morgan fingerprint density at radius 3 is 2.93 bits per heavy atom. The van der Waals surface area contributed by atoms with Gasteiger partial charge in [0.2, 0.25) is 0 Å². The predicted molar refractivity (Wildman–Crippen MR) is 108 cm³/mol. The van der Waals surface area contributed by atoms with Gasteiger partial charge >= 0.3 is 0 Å². The van der Waals surface area contributed by atoms with Crippen LogP contribution in [0.25, 0.3) is 0 Å². The van der Waals surface area contributed by atoms with Crippen molar-refractivity contribution >= 4 is 6.72 Å².